The van der Waals surface area contributed by atoms with Crippen molar-refractivity contribution in [3.63, 3.8) is 0 Å². The quantitative estimate of drug-likeness (QED) is 0.742. The number of hydrogen-bond donors (Lipinski definition) is 1. The standard InChI is InChI=1S/C16H13Cl3O4/c1-2-22-14-7-9(16(20)21)6-13(19)15(14)23-8-10-11(17)4-3-5-12(10)18/h3-7H,2,8H2,1H3,(H,20,21). The van der Waals surface area contributed by atoms with Gasteiger partial charge in [0.15, 0.2) is 11.5 Å². The molecule has 0 bridgehead atoms. The van der Waals surface area contributed by atoms with Crippen LogP contribution in [0.25, 0.3) is 0 Å². The van der Waals surface area contributed by atoms with E-state index >= 15 is 0 Å². The third-order valence-corrected chi connectivity index (χ3v) is 3.97. The first-order valence-corrected chi connectivity index (χ1v) is 7.82. The van der Waals surface area contributed by atoms with E-state index in [4.69, 9.17) is 49.4 Å². The number of benzene rings is 2. The zero-order valence-electron chi connectivity index (χ0n) is 12.1. The molecule has 0 aliphatic rings. The average Bonchev–Trinajstić information content (AvgIpc) is 2.48. The number of rotatable bonds is 6. The minimum atomic E-state index is -1.10. The van der Waals surface area contributed by atoms with E-state index in [1.165, 1.54) is 12.1 Å². The molecule has 7 heteroatoms. The maximum atomic E-state index is 11.1. The molecule has 0 spiro atoms. The third-order valence-electron chi connectivity index (χ3n) is 2.98. The van der Waals surface area contributed by atoms with E-state index in [-0.39, 0.29) is 28.7 Å². The molecule has 2 aromatic carbocycles. The van der Waals surface area contributed by atoms with E-state index in [0.717, 1.165) is 0 Å². The number of hydrogen-bond acceptors (Lipinski definition) is 3. The molecule has 0 amide bonds. The molecule has 0 heterocycles. The van der Waals surface area contributed by atoms with E-state index < -0.39 is 5.97 Å². The molecule has 0 aliphatic heterocycles. The van der Waals surface area contributed by atoms with Gasteiger partial charge in [0.25, 0.3) is 0 Å². The monoisotopic (exact) mass is 374 g/mol. The molecule has 2 rings (SSSR count). The number of carbonyl (C=O) groups is 1. The second-order valence-electron chi connectivity index (χ2n) is 4.51. The Morgan fingerprint density at radius 1 is 1.09 bits per heavy atom. The number of carboxylic acid groups (broad SMARTS) is 1. The lowest BCUT2D eigenvalue weighted by atomic mass is 10.2. The first kappa shape index (κ1) is 17.7. The predicted molar refractivity (Wildman–Crippen MR) is 90.4 cm³/mol. The third kappa shape index (κ3) is 4.22. The smallest absolute Gasteiger partial charge is 0.335 e. The lowest BCUT2D eigenvalue weighted by Crippen LogP contribution is -2.04. The van der Waals surface area contributed by atoms with Crippen molar-refractivity contribution in [1.29, 1.82) is 0 Å². The topological polar surface area (TPSA) is 55.8 Å². The van der Waals surface area contributed by atoms with Crippen LogP contribution >= 0.6 is 34.8 Å². The Kier molecular flexibility index (Phi) is 5.99. The van der Waals surface area contributed by atoms with Crippen molar-refractivity contribution < 1.29 is 19.4 Å². The van der Waals surface area contributed by atoms with Gasteiger partial charge in [-0.15, -0.1) is 0 Å². The maximum Gasteiger partial charge on any atom is 0.335 e. The van der Waals surface area contributed by atoms with Crippen molar-refractivity contribution in [1.82, 2.24) is 0 Å². The summed E-state index contributed by atoms with van der Waals surface area (Å²) in [4.78, 5) is 11.1. The Hall–Kier alpha value is -1.62. The van der Waals surface area contributed by atoms with Crippen molar-refractivity contribution >= 4 is 40.8 Å². The fourth-order valence-electron chi connectivity index (χ4n) is 1.91. The molecule has 0 saturated carbocycles. The maximum absolute atomic E-state index is 11.1. The molecule has 0 unspecified atom stereocenters. The minimum Gasteiger partial charge on any atom is -0.490 e. The van der Waals surface area contributed by atoms with Crippen LogP contribution in [-0.2, 0) is 6.61 Å². The molecule has 0 aromatic heterocycles. The summed E-state index contributed by atoms with van der Waals surface area (Å²) in [6.45, 7) is 2.18. The highest BCUT2D eigenvalue weighted by molar-refractivity contribution is 6.36. The van der Waals surface area contributed by atoms with Crippen LogP contribution in [-0.4, -0.2) is 17.7 Å². The van der Waals surface area contributed by atoms with Gasteiger partial charge in [-0.25, -0.2) is 4.79 Å². The van der Waals surface area contributed by atoms with Gasteiger partial charge >= 0.3 is 5.97 Å². The van der Waals surface area contributed by atoms with E-state index in [9.17, 15) is 4.79 Å². The molecule has 0 aliphatic carbocycles. The van der Waals surface area contributed by atoms with Crippen molar-refractivity contribution in [3.8, 4) is 11.5 Å². The molecule has 2 aromatic rings. The first-order chi connectivity index (χ1) is 10.9. The number of carboxylic acids is 1. The van der Waals surface area contributed by atoms with Crippen LogP contribution in [0, 0.1) is 0 Å². The second-order valence-corrected chi connectivity index (χ2v) is 5.73. The highest BCUT2D eigenvalue weighted by Gasteiger charge is 2.17. The molecule has 4 nitrogen and oxygen atoms in total. The van der Waals surface area contributed by atoms with E-state index in [2.05, 4.69) is 0 Å². The number of ether oxygens (including phenoxy) is 2. The lowest BCUT2D eigenvalue weighted by molar-refractivity contribution is 0.0696. The van der Waals surface area contributed by atoms with Crippen LogP contribution in [0.3, 0.4) is 0 Å². The molecule has 1 N–H and O–H groups in total. The van der Waals surface area contributed by atoms with Crippen LogP contribution in [0.1, 0.15) is 22.8 Å². The largest absolute Gasteiger partial charge is 0.490 e. The number of aromatic carboxylic acids is 1. The van der Waals surface area contributed by atoms with Gasteiger partial charge < -0.3 is 14.6 Å². The normalized spacial score (nSPS) is 10.4. The van der Waals surface area contributed by atoms with Crippen molar-refractivity contribution in [3.05, 3.63) is 56.5 Å². The lowest BCUT2D eigenvalue weighted by Gasteiger charge is -2.15. The Balaban J connectivity index is 2.33. The minimum absolute atomic E-state index is 0.0153. The fourth-order valence-corrected chi connectivity index (χ4v) is 2.68. The van der Waals surface area contributed by atoms with Gasteiger partial charge in [-0.2, -0.15) is 0 Å². The van der Waals surface area contributed by atoms with E-state index in [1.807, 2.05) is 0 Å². The van der Waals surface area contributed by atoms with Crippen LogP contribution in [0.2, 0.25) is 15.1 Å². The molecule has 122 valence electrons. The summed E-state index contributed by atoms with van der Waals surface area (Å²) in [5.41, 5.74) is 0.623. The van der Waals surface area contributed by atoms with Crippen LogP contribution < -0.4 is 9.47 Å². The van der Waals surface area contributed by atoms with Gasteiger partial charge in [0, 0.05) is 15.6 Å². The molecular formula is C16H13Cl3O4. The summed E-state index contributed by atoms with van der Waals surface area (Å²) < 4.78 is 11.1. The Morgan fingerprint density at radius 3 is 2.30 bits per heavy atom. The molecule has 0 saturated heterocycles. The van der Waals surface area contributed by atoms with Gasteiger partial charge in [-0.3, -0.25) is 0 Å². The fraction of sp³-hybridized carbons (Fsp3) is 0.188. The van der Waals surface area contributed by atoms with Crippen LogP contribution in [0.4, 0.5) is 0 Å². The summed E-state index contributed by atoms with van der Waals surface area (Å²) in [6, 6.07) is 7.79. The van der Waals surface area contributed by atoms with Gasteiger partial charge in [0.2, 0.25) is 0 Å². The Bertz CT molecular complexity index is 711. The van der Waals surface area contributed by atoms with Crippen molar-refractivity contribution in [2.75, 3.05) is 6.61 Å². The summed E-state index contributed by atoms with van der Waals surface area (Å²) in [6.07, 6.45) is 0. The van der Waals surface area contributed by atoms with Gasteiger partial charge in [0.1, 0.15) is 6.61 Å². The van der Waals surface area contributed by atoms with Crippen LogP contribution in [0.5, 0.6) is 11.5 Å². The Labute approximate surface area is 148 Å². The summed E-state index contributed by atoms with van der Waals surface area (Å²) in [5.74, 6) is -0.608. The summed E-state index contributed by atoms with van der Waals surface area (Å²) in [7, 11) is 0. The van der Waals surface area contributed by atoms with Gasteiger partial charge in [-0.1, -0.05) is 40.9 Å². The molecule has 0 fully saturated rings. The van der Waals surface area contributed by atoms with Crippen LogP contribution in [0.15, 0.2) is 30.3 Å². The molecule has 0 atom stereocenters. The van der Waals surface area contributed by atoms with E-state index in [0.29, 0.717) is 22.2 Å². The summed E-state index contributed by atoms with van der Waals surface area (Å²) >= 11 is 18.3. The highest BCUT2D eigenvalue weighted by atomic mass is 35.5. The predicted octanol–water partition coefficient (Wildman–Crippen LogP) is 5.32. The second kappa shape index (κ2) is 7.77. The zero-order valence-corrected chi connectivity index (χ0v) is 14.4. The van der Waals surface area contributed by atoms with Gasteiger partial charge in [0.05, 0.1) is 17.2 Å². The number of halogens is 3. The van der Waals surface area contributed by atoms with E-state index in [1.54, 1.807) is 25.1 Å². The Morgan fingerprint density at radius 2 is 1.74 bits per heavy atom. The molecule has 0 radical (unpaired) electrons. The highest BCUT2D eigenvalue weighted by Crippen LogP contribution is 2.38. The SMILES string of the molecule is CCOc1cc(C(=O)O)cc(Cl)c1OCc1c(Cl)cccc1Cl. The van der Waals surface area contributed by atoms with Crippen molar-refractivity contribution in [2.24, 2.45) is 0 Å². The first-order valence-electron chi connectivity index (χ1n) is 6.69. The van der Waals surface area contributed by atoms with Crippen molar-refractivity contribution in [2.45, 2.75) is 13.5 Å². The van der Waals surface area contributed by atoms with Gasteiger partial charge in [-0.05, 0) is 31.2 Å². The molecular weight excluding hydrogens is 363 g/mol. The summed E-state index contributed by atoms with van der Waals surface area (Å²) in [5, 5.41) is 10.2. The average molecular weight is 376 g/mol. The zero-order chi connectivity index (χ0) is 17.0. The molecule has 23 heavy (non-hydrogen) atoms.